The van der Waals surface area contributed by atoms with Crippen molar-refractivity contribution in [1.82, 2.24) is 4.98 Å². The van der Waals surface area contributed by atoms with Crippen LogP contribution in [0.1, 0.15) is 25.3 Å². The normalized spacial score (nSPS) is 14.3. The van der Waals surface area contributed by atoms with Gasteiger partial charge in [-0.2, -0.15) is 0 Å². The molecule has 0 bridgehead atoms. The maximum absolute atomic E-state index is 6.25. The van der Waals surface area contributed by atoms with E-state index in [1.165, 1.54) is 5.56 Å². The van der Waals surface area contributed by atoms with Crippen LogP contribution in [0.2, 0.25) is 5.15 Å². The molecule has 1 aromatic heterocycles. The second kappa shape index (κ2) is 8.91. The van der Waals surface area contributed by atoms with Gasteiger partial charge in [-0.3, -0.25) is 0 Å². The van der Waals surface area contributed by atoms with Crippen molar-refractivity contribution in [2.24, 2.45) is 11.1 Å². The van der Waals surface area contributed by atoms with Crippen molar-refractivity contribution in [3.63, 3.8) is 0 Å². The van der Waals surface area contributed by atoms with E-state index < -0.39 is 0 Å². The summed E-state index contributed by atoms with van der Waals surface area (Å²) in [5, 5.41) is 0.497. The third-order valence-corrected chi connectivity index (χ3v) is 4.72. The van der Waals surface area contributed by atoms with E-state index in [9.17, 15) is 0 Å². The van der Waals surface area contributed by atoms with Crippen LogP contribution >= 0.6 is 36.4 Å². The Hall–Kier alpha value is -1.00. The molecule has 0 amide bonds. The van der Waals surface area contributed by atoms with Crippen molar-refractivity contribution >= 4 is 36.4 Å². The van der Waals surface area contributed by atoms with Gasteiger partial charge in [0.15, 0.2) is 0 Å². The number of ether oxygens (including phenoxy) is 1. The lowest BCUT2D eigenvalue weighted by molar-refractivity contribution is 0.238. The number of pyridine rings is 1. The SMILES string of the molecule is CCc1ccc(-c2cc(OCC3(CN)CC3)cnc2Cl)cc1.Cl.Cl. The number of nitrogens with two attached hydrogens (primary N) is 1. The molecule has 1 saturated carbocycles. The molecule has 1 aliphatic rings. The van der Waals surface area contributed by atoms with E-state index in [0.29, 0.717) is 18.3 Å². The zero-order valence-corrected chi connectivity index (χ0v) is 16.0. The van der Waals surface area contributed by atoms with Crippen LogP contribution < -0.4 is 10.5 Å². The van der Waals surface area contributed by atoms with E-state index >= 15 is 0 Å². The van der Waals surface area contributed by atoms with Crippen molar-refractivity contribution in [2.75, 3.05) is 13.2 Å². The summed E-state index contributed by atoms with van der Waals surface area (Å²) >= 11 is 6.25. The molecule has 1 fully saturated rings. The van der Waals surface area contributed by atoms with Crippen LogP contribution in [0.4, 0.5) is 0 Å². The number of halogens is 3. The molecule has 6 heteroatoms. The molecular weight excluding hydrogens is 367 g/mol. The van der Waals surface area contributed by atoms with E-state index in [-0.39, 0.29) is 30.2 Å². The summed E-state index contributed by atoms with van der Waals surface area (Å²) in [6.07, 6.45) is 5.00. The van der Waals surface area contributed by atoms with Gasteiger partial charge in [-0.1, -0.05) is 42.8 Å². The predicted octanol–water partition coefficient (Wildman–Crippen LogP) is 4.93. The number of benzene rings is 1. The van der Waals surface area contributed by atoms with Crippen LogP contribution in [0.3, 0.4) is 0 Å². The van der Waals surface area contributed by atoms with Crippen LogP contribution in [-0.4, -0.2) is 18.1 Å². The van der Waals surface area contributed by atoms with Gasteiger partial charge in [0.05, 0.1) is 12.8 Å². The quantitative estimate of drug-likeness (QED) is 0.713. The number of hydrogen-bond acceptors (Lipinski definition) is 3. The highest BCUT2D eigenvalue weighted by atomic mass is 35.5. The maximum Gasteiger partial charge on any atom is 0.138 e. The first-order valence-corrected chi connectivity index (χ1v) is 8.11. The van der Waals surface area contributed by atoms with Crippen LogP contribution in [0, 0.1) is 5.41 Å². The number of hydrogen-bond donors (Lipinski definition) is 1. The summed E-state index contributed by atoms with van der Waals surface area (Å²) in [6.45, 7) is 3.48. The summed E-state index contributed by atoms with van der Waals surface area (Å²) in [5.41, 5.74) is 9.23. The summed E-state index contributed by atoms with van der Waals surface area (Å²) in [4.78, 5) is 4.25. The van der Waals surface area contributed by atoms with Crippen molar-refractivity contribution < 1.29 is 4.74 Å². The Bertz CT molecular complexity index is 658. The minimum atomic E-state index is 0. The molecule has 1 aromatic carbocycles. The van der Waals surface area contributed by atoms with Gasteiger partial charge in [0.25, 0.3) is 0 Å². The van der Waals surface area contributed by atoms with Crippen LogP contribution in [0.25, 0.3) is 11.1 Å². The summed E-state index contributed by atoms with van der Waals surface area (Å²) in [5.74, 6) is 0.749. The van der Waals surface area contributed by atoms with Gasteiger partial charge in [0.2, 0.25) is 0 Å². The molecule has 0 aliphatic heterocycles. The summed E-state index contributed by atoms with van der Waals surface area (Å²) < 4.78 is 5.89. The number of nitrogens with zero attached hydrogens (tertiary/aromatic N) is 1. The Morgan fingerprint density at radius 2 is 1.88 bits per heavy atom. The standard InChI is InChI=1S/C18H21ClN2O.2ClH/c1-2-13-3-5-14(6-4-13)16-9-15(10-21-17(16)19)22-12-18(11-20)7-8-18;;/h3-6,9-10H,2,7-8,11-12,20H2,1H3;2*1H. The van der Waals surface area contributed by atoms with Crippen molar-refractivity contribution in [3.8, 4) is 16.9 Å². The molecule has 0 saturated heterocycles. The molecule has 3 rings (SSSR count). The Labute approximate surface area is 160 Å². The molecule has 132 valence electrons. The molecule has 0 unspecified atom stereocenters. The molecular formula is C18H23Cl3N2O. The van der Waals surface area contributed by atoms with Gasteiger partial charge >= 0.3 is 0 Å². The lowest BCUT2D eigenvalue weighted by Gasteiger charge is -2.14. The van der Waals surface area contributed by atoms with Gasteiger partial charge in [-0.15, -0.1) is 24.8 Å². The largest absolute Gasteiger partial charge is 0.491 e. The number of aromatic nitrogens is 1. The minimum Gasteiger partial charge on any atom is -0.491 e. The smallest absolute Gasteiger partial charge is 0.138 e. The van der Waals surface area contributed by atoms with Crippen LogP contribution in [0.15, 0.2) is 36.5 Å². The van der Waals surface area contributed by atoms with Crippen LogP contribution in [-0.2, 0) is 6.42 Å². The molecule has 0 spiro atoms. The lowest BCUT2D eigenvalue weighted by Crippen LogP contribution is -2.22. The average Bonchev–Trinajstić information content (AvgIpc) is 3.35. The molecule has 0 atom stereocenters. The topological polar surface area (TPSA) is 48.1 Å². The number of rotatable bonds is 6. The first kappa shape index (κ1) is 21.0. The van der Waals surface area contributed by atoms with Crippen molar-refractivity contribution in [3.05, 3.63) is 47.2 Å². The monoisotopic (exact) mass is 388 g/mol. The van der Waals surface area contributed by atoms with E-state index in [0.717, 1.165) is 36.1 Å². The fourth-order valence-electron chi connectivity index (χ4n) is 2.45. The Morgan fingerprint density at radius 3 is 2.42 bits per heavy atom. The first-order chi connectivity index (χ1) is 10.7. The third kappa shape index (κ3) is 4.76. The van der Waals surface area contributed by atoms with E-state index in [2.05, 4.69) is 36.2 Å². The molecule has 2 N–H and O–H groups in total. The Kier molecular flexibility index (Phi) is 7.81. The average molecular weight is 390 g/mol. The van der Waals surface area contributed by atoms with Crippen molar-refractivity contribution in [1.29, 1.82) is 0 Å². The van der Waals surface area contributed by atoms with Gasteiger partial charge in [0, 0.05) is 17.5 Å². The van der Waals surface area contributed by atoms with Crippen molar-refractivity contribution in [2.45, 2.75) is 26.2 Å². The third-order valence-electron chi connectivity index (χ3n) is 4.42. The fourth-order valence-corrected chi connectivity index (χ4v) is 2.66. The Morgan fingerprint density at radius 1 is 1.21 bits per heavy atom. The second-order valence-electron chi connectivity index (χ2n) is 6.05. The maximum atomic E-state index is 6.25. The molecule has 1 heterocycles. The summed E-state index contributed by atoms with van der Waals surface area (Å²) in [6, 6.07) is 10.4. The van der Waals surface area contributed by atoms with Gasteiger partial charge in [0.1, 0.15) is 10.9 Å². The van der Waals surface area contributed by atoms with E-state index in [1.807, 2.05) is 6.07 Å². The number of aryl methyl sites for hydroxylation is 1. The first-order valence-electron chi connectivity index (χ1n) is 7.73. The lowest BCUT2D eigenvalue weighted by atomic mass is 10.0. The predicted molar refractivity (Wildman–Crippen MR) is 105 cm³/mol. The van der Waals surface area contributed by atoms with Gasteiger partial charge in [-0.05, 0) is 36.5 Å². The van der Waals surface area contributed by atoms with Gasteiger partial charge < -0.3 is 10.5 Å². The Balaban J connectivity index is 0.00000144. The zero-order chi connectivity index (χ0) is 15.6. The minimum absolute atomic E-state index is 0. The molecule has 0 radical (unpaired) electrons. The molecule has 3 nitrogen and oxygen atoms in total. The van der Waals surface area contributed by atoms with Crippen LogP contribution in [0.5, 0.6) is 5.75 Å². The molecule has 1 aliphatic carbocycles. The molecule has 2 aromatic rings. The van der Waals surface area contributed by atoms with E-state index in [1.54, 1.807) is 6.20 Å². The van der Waals surface area contributed by atoms with E-state index in [4.69, 9.17) is 22.1 Å². The molecule has 24 heavy (non-hydrogen) atoms. The highest BCUT2D eigenvalue weighted by Gasteiger charge is 2.42. The van der Waals surface area contributed by atoms with Gasteiger partial charge in [-0.25, -0.2) is 4.98 Å². The highest BCUT2D eigenvalue weighted by Crippen LogP contribution is 2.44. The summed E-state index contributed by atoms with van der Waals surface area (Å²) in [7, 11) is 0. The fraction of sp³-hybridized carbons (Fsp3) is 0.389. The second-order valence-corrected chi connectivity index (χ2v) is 6.41. The highest BCUT2D eigenvalue weighted by molar-refractivity contribution is 6.32. The zero-order valence-electron chi connectivity index (χ0n) is 13.6.